The fourth-order valence-corrected chi connectivity index (χ4v) is 3.54. The topological polar surface area (TPSA) is 20.7 Å². The van der Waals surface area contributed by atoms with Crippen LogP contribution in [0.4, 0.5) is 0 Å². The Hall–Kier alpha value is -0.510. The molecule has 1 aliphatic rings. The molecular formula is C14H16Cl2N2S. The molecule has 0 aliphatic heterocycles. The predicted octanol–water partition coefficient (Wildman–Crippen LogP) is 5.59. The summed E-state index contributed by atoms with van der Waals surface area (Å²) in [5.74, 6) is 0. The fraction of sp³-hybridized carbons (Fsp3) is 0.500. The number of halogens is 2. The van der Waals surface area contributed by atoms with E-state index in [0.29, 0.717) is 15.5 Å². The molecule has 1 aliphatic carbocycles. The Morgan fingerprint density at radius 1 is 1.32 bits per heavy atom. The molecule has 2 aromatic rings. The highest BCUT2D eigenvalue weighted by atomic mass is 35.5. The van der Waals surface area contributed by atoms with E-state index in [9.17, 15) is 0 Å². The van der Waals surface area contributed by atoms with Crippen molar-refractivity contribution in [2.24, 2.45) is 5.41 Å². The number of rotatable bonds is 3. The van der Waals surface area contributed by atoms with Gasteiger partial charge in [-0.3, -0.25) is 0 Å². The molecule has 1 saturated carbocycles. The first-order chi connectivity index (χ1) is 9.04. The lowest BCUT2D eigenvalue weighted by atomic mass is 9.67. The van der Waals surface area contributed by atoms with E-state index >= 15 is 0 Å². The molecular weight excluding hydrogens is 299 g/mol. The van der Waals surface area contributed by atoms with Gasteiger partial charge in [0.1, 0.15) is 0 Å². The van der Waals surface area contributed by atoms with Crippen LogP contribution in [-0.2, 0) is 6.54 Å². The molecule has 0 saturated heterocycles. The van der Waals surface area contributed by atoms with Gasteiger partial charge in [-0.1, -0.05) is 36.5 Å². The van der Waals surface area contributed by atoms with Crippen molar-refractivity contribution in [1.82, 2.24) is 9.55 Å². The Morgan fingerprint density at radius 3 is 2.58 bits per heavy atom. The third-order valence-electron chi connectivity index (χ3n) is 4.47. The quantitative estimate of drug-likeness (QED) is 0.733. The van der Waals surface area contributed by atoms with Crippen molar-refractivity contribution < 1.29 is 0 Å². The molecule has 1 fully saturated rings. The van der Waals surface area contributed by atoms with E-state index < -0.39 is 0 Å². The van der Waals surface area contributed by atoms with Crippen molar-refractivity contribution in [2.45, 2.75) is 39.2 Å². The first-order valence-corrected chi connectivity index (χ1v) is 7.79. The minimum atomic E-state index is 0.416. The monoisotopic (exact) mass is 314 g/mol. The third kappa shape index (κ3) is 2.22. The van der Waals surface area contributed by atoms with Crippen LogP contribution in [0.3, 0.4) is 0 Å². The second-order valence-corrected chi connectivity index (χ2v) is 6.71. The molecule has 1 aromatic carbocycles. The van der Waals surface area contributed by atoms with Gasteiger partial charge in [-0.05, 0) is 49.0 Å². The van der Waals surface area contributed by atoms with Crippen LogP contribution in [-0.4, -0.2) is 9.55 Å². The number of aromatic amines is 1. The standard InChI is InChI=1S/C14H16Cl2N2S/c1-2-14(4-3-5-14)8-18-12-7-10(16)9(15)6-11(12)17-13(18)19/h6-7H,2-5,8H2,1H3,(H,17,19). The summed E-state index contributed by atoms with van der Waals surface area (Å²) in [6.45, 7) is 3.24. The van der Waals surface area contributed by atoms with Gasteiger partial charge in [0.25, 0.3) is 0 Å². The molecule has 3 rings (SSSR count). The van der Waals surface area contributed by atoms with Gasteiger partial charge in [0.15, 0.2) is 4.77 Å². The van der Waals surface area contributed by atoms with Crippen LogP contribution in [0.1, 0.15) is 32.6 Å². The maximum Gasteiger partial charge on any atom is 0.178 e. The summed E-state index contributed by atoms with van der Waals surface area (Å²) in [6.07, 6.45) is 5.11. The Labute approximate surface area is 127 Å². The molecule has 1 heterocycles. The average Bonchev–Trinajstić information content (AvgIpc) is 2.61. The highest BCUT2D eigenvalue weighted by Crippen LogP contribution is 2.45. The Kier molecular flexibility index (Phi) is 3.40. The van der Waals surface area contributed by atoms with E-state index in [4.69, 9.17) is 35.4 Å². The number of nitrogens with zero attached hydrogens (tertiary/aromatic N) is 1. The zero-order chi connectivity index (χ0) is 13.6. The number of H-pyrrole nitrogens is 1. The predicted molar refractivity (Wildman–Crippen MR) is 83.7 cm³/mol. The summed E-state index contributed by atoms with van der Waals surface area (Å²) in [7, 11) is 0. The lowest BCUT2D eigenvalue weighted by Gasteiger charge is -2.41. The zero-order valence-corrected chi connectivity index (χ0v) is 13.1. The van der Waals surface area contributed by atoms with E-state index in [-0.39, 0.29) is 0 Å². The first kappa shape index (κ1) is 13.5. The molecule has 2 nitrogen and oxygen atoms in total. The van der Waals surface area contributed by atoms with Gasteiger partial charge in [0, 0.05) is 6.54 Å². The van der Waals surface area contributed by atoms with Gasteiger partial charge in [-0.2, -0.15) is 0 Å². The number of aromatic nitrogens is 2. The van der Waals surface area contributed by atoms with Gasteiger partial charge in [-0.25, -0.2) is 0 Å². The summed E-state index contributed by atoms with van der Waals surface area (Å²) in [5.41, 5.74) is 2.43. The zero-order valence-electron chi connectivity index (χ0n) is 10.8. The minimum absolute atomic E-state index is 0.416. The lowest BCUT2D eigenvalue weighted by molar-refractivity contribution is 0.101. The van der Waals surface area contributed by atoms with Crippen LogP contribution >= 0.6 is 35.4 Å². The molecule has 19 heavy (non-hydrogen) atoms. The van der Waals surface area contributed by atoms with E-state index in [0.717, 1.165) is 22.3 Å². The van der Waals surface area contributed by atoms with Gasteiger partial charge in [-0.15, -0.1) is 0 Å². The normalized spacial score (nSPS) is 17.6. The number of hydrogen-bond donors (Lipinski definition) is 1. The van der Waals surface area contributed by atoms with Crippen molar-refractivity contribution >= 4 is 46.5 Å². The second kappa shape index (κ2) is 4.80. The highest BCUT2D eigenvalue weighted by Gasteiger charge is 2.35. The number of benzene rings is 1. The minimum Gasteiger partial charge on any atom is -0.331 e. The van der Waals surface area contributed by atoms with E-state index in [2.05, 4.69) is 16.5 Å². The van der Waals surface area contributed by atoms with Crippen molar-refractivity contribution in [2.75, 3.05) is 0 Å². The highest BCUT2D eigenvalue weighted by molar-refractivity contribution is 7.71. The third-order valence-corrected chi connectivity index (χ3v) is 5.52. The molecule has 0 radical (unpaired) electrons. The van der Waals surface area contributed by atoms with Gasteiger partial charge in [0.2, 0.25) is 0 Å². The first-order valence-electron chi connectivity index (χ1n) is 6.62. The molecule has 0 bridgehead atoms. The van der Waals surface area contributed by atoms with Crippen molar-refractivity contribution in [3.05, 3.63) is 26.9 Å². The van der Waals surface area contributed by atoms with Gasteiger partial charge < -0.3 is 9.55 Å². The molecule has 102 valence electrons. The molecule has 5 heteroatoms. The van der Waals surface area contributed by atoms with E-state index in [1.165, 1.54) is 25.7 Å². The molecule has 0 amide bonds. The number of nitrogens with one attached hydrogen (secondary N) is 1. The molecule has 1 aromatic heterocycles. The Balaban J connectivity index is 2.10. The average molecular weight is 315 g/mol. The van der Waals surface area contributed by atoms with Crippen LogP contribution in [0.15, 0.2) is 12.1 Å². The number of hydrogen-bond acceptors (Lipinski definition) is 1. The van der Waals surface area contributed by atoms with E-state index in [1.54, 1.807) is 0 Å². The Bertz CT molecular complexity index is 677. The van der Waals surface area contributed by atoms with Gasteiger partial charge >= 0.3 is 0 Å². The van der Waals surface area contributed by atoms with Gasteiger partial charge in [0.05, 0.1) is 21.1 Å². The Morgan fingerprint density at radius 2 is 2.00 bits per heavy atom. The largest absolute Gasteiger partial charge is 0.331 e. The van der Waals surface area contributed by atoms with Crippen LogP contribution in [0.2, 0.25) is 10.0 Å². The van der Waals surface area contributed by atoms with Crippen molar-refractivity contribution in [1.29, 1.82) is 0 Å². The van der Waals surface area contributed by atoms with Crippen molar-refractivity contribution in [3.8, 4) is 0 Å². The van der Waals surface area contributed by atoms with Crippen LogP contribution in [0.25, 0.3) is 11.0 Å². The van der Waals surface area contributed by atoms with Crippen LogP contribution in [0, 0.1) is 10.2 Å². The molecule has 1 N–H and O–H groups in total. The molecule has 0 unspecified atom stereocenters. The number of imidazole rings is 1. The summed E-state index contributed by atoms with van der Waals surface area (Å²) < 4.78 is 2.93. The van der Waals surface area contributed by atoms with E-state index in [1.807, 2.05) is 12.1 Å². The summed E-state index contributed by atoms with van der Waals surface area (Å²) >= 11 is 17.6. The smallest absolute Gasteiger partial charge is 0.178 e. The number of fused-ring (bicyclic) bond motifs is 1. The second-order valence-electron chi connectivity index (χ2n) is 5.51. The summed E-state index contributed by atoms with van der Waals surface area (Å²) in [6, 6.07) is 3.76. The summed E-state index contributed by atoms with van der Waals surface area (Å²) in [5, 5.41) is 1.14. The van der Waals surface area contributed by atoms with Crippen molar-refractivity contribution in [3.63, 3.8) is 0 Å². The maximum absolute atomic E-state index is 6.13. The molecule has 0 spiro atoms. The summed E-state index contributed by atoms with van der Waals surface area (Å²) in [4.78, 5) is 3.22. The SMILES string of the molecule is CCC1(Cn2c(=S)[nH]c3cc(Cl)c(Cl)cc32)CCC1. The molecule has 0 atom stereocenters. The van der Waals surface area contributed by atoms with Crippen LogP contribution in [0.5, 0.6) is 0 Å². The maximum atomic E-state index is 6.13. The lowest BCUT2D eigenvalue weighted by Crippen LogP contribution is -2.33. The van der Waals surface area contributed by atoms with Crippen LogP contribution < -0.4 is 0 Å². The fourth-order valence-electron chi connectivity index (χ4n) is 2.94.